The van der Waals surface area contributed by atoms with Gasteiger partial charge in [0.1, 0.15) is 0 Å². The standard InChI is InChI=1S/C9H15NO3S2/c1-8(9-4-3-6-14-9)10(2)15(12,13)7-5-11/h3-4,6,8,11H,5,7H2,1-2H3. The van der Waals surface area contributed by atoms with E-state index < -0.39 is 10.0 Å². The Morgan fingerprint density at radius 2 is 2.27 bits per heavy atom. The molecule has 0 saturated carbocycles. The van der Waals surface area contributed by atoms with E-state index in [9.17, 15) is 8.42 Å². The Hall–Kier alpha value is -0.430. The van der Waals surface area contributed by atoms with Crippen molar-refractivity contribution in [1.82, 2.24) is 4.31 Å². The molecule has 0 spiro atoms. The first-order chi connectivity index (χ1) is 6.99. The molecule has 0 aliphatic heterocycles. The lowest BCUT2D eigenvalue weighted by atomic mass is 10.3. The van der Waals surface area contributed by atoms with Crippen LogP contribution in [0.25, 0.3) is 0 Å². The van der Waals surface area contributed by atoms with Gasteiger partial charge in [0.25, 0.3) is 0 Å². The minimum absolute atomic E-state index is 0.179. The van der Waals surface area contributed by atoms with Gasteiger partial charge in [-0.15, -0.1) is 11.3 Å². The van der Waals surface area contributed by atoms with Gasteiger partial charge in [-0.1, -0.05) is 6.07 Å². The summed E-state index contributed by atoms with van der Waals surface area (Å²) in [4.78, 5) is 0.999. The van der Waals surface area contributed by atoms with Crippen molar-refractivity contribution >= 4 is 21.4 Å². The van der Waals surface area contributed by atoms with Gasteiger partial charge >= 0.3 is 0 Å². The quantitative estimate of drug-likeness (QED) is 0.849. The molecule has 0 aliphatic carbocycles. The van der Waals surface area contributed by atoms with Crippen LogP contribution in [-0.2, 0) is 10.0 Å². The summed E-state index contributed by atoms with van der Waals surface area (Å²) in [7, 11) is -1.81. The van der Waals surface area contributed by atoms with Crippen molar-refractivity contribution < 1.29 is 13.5 Å². The molecular formula is C9H15NO3S2. The second-order valence-electron chi connectivity index (χ2n) is 3.25. The zero-order chi connectivity index (χ0) is 11.5. The summed E-state index contributed by atoms with van der Waals surface area (Å²) in [5.74, 6) is -0.223. The molecule has 0 amide bonds. The minimum atomic E-state index is -3.35. The zero-order valence-corrected chi connectivity index (χ0v) is 10.4. The summed E-state index contributed by atoms with van der Waals surface area (Å²) in [6, 6.07) is 3.62. The van der Waals surface area contributed by atoms with Crippen LogP contribution >= 0.6 is 11.3 Å². The molecule has 1 aromatic heterocycles. The molecule has 0 bridgehead atoms. The molecule has 0 aliphatic rings. The van der Waals surface area contributed by atoms with E-state index in [0.29, 0.717) is 0 Å². The molecular weight excluding hydrogens is 234 g/mol. The van der Waals surface area contributed by atoms with Gasteiger partial charge in [-0.2, -0.15) is 4.31 Å². The first-order valence-electron chi connectivity index (χ1n) is 4.59. The maximum absolute atomic E-state index is 11.6. The molecule has 15 heavy (non-hydrogen) atoms. The van der Waals surface area contributed by atoms with Crippen LogP contribution < -0.4 is 0 Å². The summed E-state index contributed by atoms with van der Waals surface area (Å²) in [6.45, 7) is 1.49. The highest BCUT2D eigenvalue weighted by Gasteiger charge is 2.24. The smallest absolute Gasteiger partial charge is 0.216 e. The van der Waals surface area contributed by atoms with Crippen molar-refractivity contribution in [2.24, 2.45) is 0 Å². The average Bonchev–Trinajstić information content (AvgIpc) is 2.68. The molecule has 1 heterocycles. The van der Waals surface area contributed by atoms with E-state index in [1.54, 1.807) is 0 Å². The number of hydrogen-bond acceptors (Lipinski definition) is 4. The number of thiophene rings is 1. The van der Waals surface area contributed by atoms with E-state index in [4.69, 9.17) is 5.11 Å². The van der Waals surface area contributed by atoms with Gasteiger partial charge < -0.3 is 5.11 Å². The van der Waals surface area contributed by atoms with E-state index in [1.165, 1.54) is 22.7 Å². The number of nitrogens with zero attached hydrogens (tertiary/aromatic N) is 1. The topological polar surface area (TPSA) is 57.6 Å². The Kier molecular flexibility index (Phi) is 4.27. The fourth-order valence-corrected chi connectivity index (χ4v) is 3.22. The van der Waals surface area contributed by atoms with Crippen molar-refractivity contribution in [3.8, 4) is 0 Å². The predicted octanol–water partition coefficient (Wildman–Crippen LogP) is 1.06. The molecule has 4 nitrogen and oxygen atoms in total. The molecule has 0 aromatic carbocycles. The van der Waals surface area contributed by atoms with Crippen molar-refractivity contribution in [3.05, 3.63) is 22.4 Å². The Labute approximate surface area is 94.2 Å². The highest BCUT2D eigenvalue weighted by Crippen LogP contribution is 2.25. The number of hydrogen-bond donors (Lipinski definition) is 1. The van der Waals surface area contributed by atoms with Crippen molar-refractivity contribution in [1.29, 1.82) is 0 Å². The third-order valence-corrected chi connectivity index (χ3v) is 5.22. The van der Waals surface area contributed by atoms with Crippen LogP contribution in [0.2, 0.25) is 0 Å². The van der Waals surface area contributed by atoms with Crippen LogP contribution in [0.15, 0.2) is 17.5 Å². The lowest BCUT2D eigenvalue weighted by Crippen LogP contribution is -2.32. The lowest BCUT2D eigenvalue weighted by Gasteiger charge is -2.22. The third-order valence-electron chi connectivity index (χ3n) is 2.29. The molecule has 6 heteroatoms. The van der Waals surface area contributed by atoms with Crippen LogP contribution in [-0.4, -0.2) is 37.2 Å². The van der Waals surface area contributed by atoms with Crippen LogP contribution in [0.3, 0.4) is 0 Å². The molecule has 1 unspecified atom stereocenters. The van der Waals surface area contributed by atoms with E-state index in [0.717, 1.165) is 4.88 Å². The van der Waals surface area contributed by atoms with Gasteiger partial charge in [-0.05, 0) is 18.4 Å². The van der Waals surface area contributed by atoms with Gasteiger partial charge in [0.15, 0.2) is 0 Å². The number of sulfonamides is 1. The molecule has 0 radical (unpaired) electrons. The van der Waals surface area contributed by atoms with E-state index >= 15 is 0 Å². The Morgan fingerprint density at radius 3 is 2.73 bits per heavy atom. The highest BCUT2D eigenvalue weighted by atomic mass is 32.2. The third kappa shape index (κ3) is 3.01. The van der Waals surface area contributed by atoms with Gasteiger partial charge in [-0.25, -0.2) is 8.42 Å². The van der Waals surface area contributed by atoms with E-state index in [1.807, 2.05) is 24.4 Å². The minimum Gasteiger partial charge on any atom is -0.395 e. The van der Waals surface area contributed by atoms with Crippen LogP contribution in [0.4, 0.5) is 0 Å². The number of aliphatic hydroxyl groups excluding tert-OH is 1. The Balaban J connectivity index is 2.81. The maximum atomic E-state index is 11.6. The van der Waals surface area contributed by atoms with Gasteiger partial charge in [0, 0.05) is 11.9 Å². The largest absolute Gasteiger partial charge is 0.395 e. The molecule has 0 saturated heterocycles. The fourth-order valence-electron chi connectivity index (χ4n) is 1.21. The second-order valence-corrected chi connectivity index (χ2v) is 6.37. The first-order valence-corrected chi connectivity index (χ1v) is 7.08. The first kappa shape index (κ1) is 12.6. The Morgan fingerprint density at radius 1 is 1.60 bits per heavy atom. The van der Waals surface area contributed by atoms with Crippen molar-refractivity contribution in [3.63, 3.8) is 0 Å². The number of aliphatic hydroxyl groups is 1. The molecule has 1 N–H and O–H groups in total. The molecule has 1 atom stereocenters. The van der Waals surface area contributed by atoms with Gasteiger partial charge in [0.2, 0.25) is 10.0 Å². The highest BCUT2D eigenvalue weighted by molar-refractivity contribution is 7.89. The Bertz CT molecular complexity index is 385. The van der Waals surface area contributed by atoms with Crippen LogP contribution in [0.5, 0.6) is 0 Å². The van der Waals surface area contributed by atoms with Gasteiger partial charge in [-0.3, -0.25) is 0 Å². The molecule has 1 aromatic rings. The summed E-state index contributed by atoms with van der Waals surface area (Å²) in [6.07, 6.45) is 0. The summed E-state index contributed by atoms with van der Waals surface area (Å²) in [5.41, 5.74) is 0. The van der Waals surface area contributed by atoms with Crippen molar-refractivity contribution in [2.75, 3.05) is 19.4 Å². The van der Waals surface area contributed by atoms with E-state index in [2.05, 4.69) is 0 Å². The number of rotatable bonds is 5. The van der Waals surface area contributed by atoms with Crippen LogP contribution in [0, 0.1) is 0 Å². The van der Waals surface area contributed by atoms with Crippen molar-refractivity contribution in [2.45, 2.75) is 13.0 Å². The molecule has 0 fully saturated rings. The predicted molar refractivity (Wildman–Crippen MR) is 61.4 cm³/mol. The van der Waals surface area contributed by atoms with Crippen LogP contribution in [0.1, 0.15) is 17.8 Å². The lowest BCUT2D eigenvalue weighted by molar-refractivity contribution is 0.313. The fraction of sp³-hybridized carbons (Fsp3) is 0.556. The normalized spacial score (nSPS) is 14.4. The summed E-state index contributed by atoms with van der Waals surface area (Å²) >= 11 is 1.52. The average molecular weight is 249 g/mol. The zero-order valence-electron chi connectivity index (χ0n) is 8.75. The summed E-state index contributed by atoms with van der Waals surface area (Å²) in [5, 5.41) is 10.6. The SMILES string of the molecule is CC(c1cccs1)N(C)S(=O)(=O)CCO. The molecule has 86 valence electrons. The second kappa shape index (κ2) is 5.07. The molecule has 1 rings (SSSR count). The van der Waals surface area contributed by atoms with E-state index in [-0.39, 0.29) is 18.4 Å². The monoisotopic (exact) mass is 249 g/mol. The maximum Gasteiger partial charge on any atom is 0.216 e. The van der Waals surface area contributed by atoms with Gasteiger partial charge in [0.05, 0.1) is 18.4 Å². The summed E-state index contributed by atoms with van der Waals surface area (Å²) < 4.78 is 24.6.